The SMILES string of the molecule is CSc1ccccc1Oc1ccc(/C(N)=N/O)nc1. The van der Waals surface area contributed by atoms with Gasteiger partial charge in [-0.25, -0.2) is 4.98 Å². The fourth-order valence-corrected chi connectivity index (χ4v) is 2.00. The monoisotopic (exact) mass is 275 g/mol. The van der Waals surface area contributed by atoms with Crippen LogP contribution >= 0.6 is 11.8 Å². The van der Waals surface area contributed by atoms with E-state index < -0.39 is 0 Å². The fourth-order valence-electron chi connectivity index (χ4n) is 1.47. The number of para-hydroxylation sites is 1. The Morgan fingerprint density at radius 1 is 1.32 bits per heavy atom. The Morgan fingerprint density at radius 3 is 2.74 bits per heavy atom. The van der Waals surface area contributed by atoms with Crippen LogP contribution < -0.4 is 10.5 Å². The van der Waals surface area contributed by atoms with E-state index in [1.165, 1.54) is 6.20 Å². The van der Waals surface area contributed by atoms with Gasteiger partial charge in [0.15, 0.2) is 5.84 Å². The van der Waals surface area contributed by atoms with Gasteiger partial charge in [-0.1, -0.05) is 17.3 Å². The number of rotatable bonds is 4. The maximum Gasteiger partial charge on any atom is 0.188 e. The lowest BCUT2D eigenvalue weighted by atomic mass is 10.3. The third-order valence-corrected chi connectivity index (χ3v) is 3.18. The molecule has 98 valence electrons. The molecule has 3 N–H and O–H groups in total. The molecule has 0 unspecified atom stereocenters. The normalized spacial score (nSPS) is 11.3. The Labute approximate surface area is 115 Å². The van der Waals surface area contributed by atoms with Gasteiger partial charge in [0.2, 0.25) is 0 Å². The molecule has 0 aliphatic heterocycles. The topological polar surface area (TPSA) is 80.7 Å². The van der Waals surface area contributed by atoms with Crippen LogP contribution in [-0.2, 0) is 0 Å². The number of thioether (sulfide) groups is 1. The van der Waals surface area contributed by atoms with Gasteiger partial charge in [-0.3, -0.25) is 0 Å². The van der Waals surface area contributed by atoms with Crippen LogP contribution in [0.5, 0.6) is 11.5 Å². The molecule has 1 aromatic heterocycles. The van der Waals surface area contributed by atoms with Gasteiger partial charge < -0.3 is 15.7 Å². The number of benzene rings is 1. The molecular formula is C13H13N3O2S. The lowest BCUT2D eigenvalue weighted by Gasteiger charge is -2.09. The van der Waals surface area contributed by atoms with Crippen LogP contribution in [0.25, 0.3) is 0 Å². The molecule has 0 spiro atoms. The van der Waals surface area contributed by atoms with Gasteiger partial charge in [0.25, 0.3) is 0 Å². The molecule has 0 saturated carbocycles. The molecular weight excluding hydrogens is 262 g/mol. The molecule has 0 radical (unpaired) electrons. The first-order valence-corrected chi connectivity index (χ1v) is 6.72. The second-order valence-electron chi connectivity index (χ2n) is 3.62. The summed E-state index contributed by atoms with van der Waals surface area (Å²) in [5, 5.41) is 11.4. The van der Waals surface area contributed by atoms with Gasteiger partial charge in [-0.05, 0) is 30.5 Å². The predicted molar refractivity (Wildman–Crippen MR) is 75.0 cm³/mol. The van der Waals surface area contributed by atoms with Crippen molar-refractivity contribution in [2.75, 3.05) is 6.26 Å². The third kappa shape index (κ3) is 3.17. The minimum Gasteiger partial charge on any atom is -0.455 e. The van der Waals surface area contributed by atoms with Crippen LogP contribution in [0.2, 0.25) is 0 Å². The van der Waals surface area contributed by atoms with Crippen LogP contribution in [0.15, 0.2) is 52.6 Å². The maximum absolute atomic E-state index is 8.55. The summed E-state index contributed by atoms with van der Waals surface area (Å²) < 4.78 is 5.74. The van der Waals surface area contributed by atoms with Gasteiger partial charge in [0.05, 0.1) is 6.20 Å². The first-order valence-electron chi connectivity index (χ1n) is 5.49. The molecule has 0 aliphatic carbocycles. The van der Waals surface area contributed by atoms with Crippen LogP contribution in [-0.4, -0.2) is 22.3 Å². The number of nitrogens with two attached hydrogens (primary N) is 1. The van der Waals surface area contributed by atoms with E-state index in [0.717, 1.165) is 10.6 Å². The summed E-state index contributed by atoms with van der Waals surface area (Å²) in [4.78, 5) is 5.10. The molecule has 2 aromatic rings. The van der Waals surface area contributed by atoms with Crippen LogP contribution in [0.1, 0.15) is 5.69 Å². The molecule has 2 rings (SSSR count). The molecule has 0 atom stereocenters. The van der Waals surface area contributed by atoms with E-state index in [1.807, 2.05) is 30.5 Å². The van der Waals surface area contributed by atoms with Crippen molar-refractivity contribution in [1.82, 2.24) is 4.98 Å². The van der Waals surface area contributed by atoms with Gasteiger partial charge >= 0.3 is 0 Å². The summed E-state index contributed by atoms with van der Waals surface area (Å²) in [5.41, 5.74) is 5.83. The summed E-state index contributed by atoms with van der Waals surface area (Å²) in [6, 6.07) is 11.1. The number of aromatic nitrogens is 1. The highest BCUT2D eigenvalue weighted by atomic mass is 32.2. The zero-order valence-corrected chi connectivity index (χ0v) is 11.1. The molecule has 19 heavy (non-hydrogen) atoms. The first-order chi connectivity index (χ1) is 9.24. The fraction of sp³-hybridized carbons (Fsp3) is 0.0769. The number of hydrogen-bond acceptors (Lipinski definition) is 5. The van der Waals surface area contributed by atoms with Crippen molar-refractivity contribution >= 4 is 17.6 Å². The quantitative estimate of drug-likeness (QED) is 0.295. The zero-order chi connectivity index (χ0) is 13.7. The van der Waals surface area contributed by atoms with Crippen molar-refractivity contribution in [1.29, 1.82) is 0 Å². The molecule has 6 heteroatoms. The number of ether oxygens (including phenoxy) is 1. The summed E-state index contributed by atoms with van der Waals surface area (Å²) in [7, 11) is 0. The second-order valence-corrected chi connectivity index (χ2v) is 4.47. The third-order valence-electron chi connectivity index (χ3n) is 2.40. The molecule has 0 saturated heterocycles. The van der Waals surface area contributed by atoms with E-state index in [9.17, 15) is 0 Å². The Balaban J connectivity index is 2.20. The molecule has 1 heterocycles. The van der Waals surface area contributed by atoms with E-state index >= 15 is 0 Å². The number of pyridine rings is 1. The minimum absolute atomic E-state index is 0.0314. The lowest BCUT2D eigenvalue weighted by Crippen LogP contribution is -2.14. The summed E-state index contributed by atoms with van der Waals surface area (Å²) in [5.74, 6) is 1.33. The predicted octanol–water partition coefficient (Wildman–Crippen LogP) is 2.69. The van der Waals surface area contributed by atoms with E-state index in [2.05, 4.69) is 10.1 Å². The van der Waals surface area contributed by atoms with E-state index in [1.54, 1.807) is 23.9 Å². The number of oxime groups is 1. The van der Waals surface area contributed by atoms with E-state index in [4.69, 9.17) is 15.7 Å². The minimum atomic E-state index is -0.0314. The highest BCUT2D eigenvalue weighted by Crippen LogP contribution is 2.30. The summed E-state index contributed by atoms with van der Waals surface area (Å²) >= 11 is 1.61. The number of hydrogen-bond donors (Lipinski definition) is 2. The van der Waals surface area contributed by atoms with Crippen molar-refractivity contribution in [2.24, 2.45) is 10.9 Å². The average Bonchev–Trinajstić information content (AvgIpc) is 2.48. The largest absolute Gasteiger partial charge is 0.455 e. The van der Waals surface area contributed by atoms with Crippen molar-refractivity contribution < 1.29 is 9.94 Å². The first kappa shape index (κ1) is 13.2. The van der Waals surface area contributed by atoms with Crippen molar-refractivity contribution in [3.05, 3.63) is 48.3 Å². The smallest absolute Gasteiger partial charge is 0.188 e. The maximum atomic E-state index is 8.55. The zero-order valence-electron chi connectivity index (χ0n) is 10.3. The molecule has 0 fully saturated rings. The van der Waals surface area contributed by atoms with Gasteiger partial charge in [-0.15, -0.1) is 11.8 Å². The Morgan fingerprint density at radius 2 is 2.11 bits per heavy atom. The van der Waals surface area contributed by atoms with Crippen molar-refractivity contribution in [3.8, 4) is 11.5 Å². The highest BCUT2D eigenvalue weighted by Gasteiger charge is 2.05. The van der Waals surface area contributed by atoms with E-state index in [-0.39, 0.29) is 5.84 Å². The Hall–Kier alpha value is -2.21. The molecule has 5 nitrogen and oxygen atoms in total. The number of amidine groups is 1. The summed E-state index contributed by atoms with van der Waals surface area (Å²) in [6.45, 7) is 0. The summed E-state index contributed by atoms with van der Waals surface area (Å²) in [6.07, 6.45) is 3.52. The molecule has 0 bridgehead atoms. The van der Waals surface area contributed by atoms with Crippen LogP contribution in [0, 0.1) is 0 Å². The van der Waals surface area contributed by atoms with Crippen molar-refractivity contribution in [3.63, 3.8) is 0 Å². The second kappa shape index (κ2) is 6.10. The molecule has 0 amide bonds. The van der Waals surface area contributed by atoms with Gasteiger partial charge in [-0.2, -0.15) is 0 Å². The standard InChI is InChI=1S/C13H13N3O2S/c1-19-12-5-3-2-4-11(12)18-9-6-7-10(15-8-9)13(14)16-17/h2-8,17H,1H3,(H2,14,16). The average molecular weight is 275 g/mol. The van der Waals surface area contributed by atoms with Gasteiger partial charge in [0.1, 0.15) is 17.2 Å². The Kier molecular flexibility index (Phi) is 4.25. The number of nitrogens with zero attached hydrogens (tertiary/aromatic N) is 2. The molecule has 0 aliphatic rings. The Bertz CT molecular complexity index is 585. The lowest BCUT2D eigenvalue weighted by molar-refractivity contribution is 0.318. The highest BCUT2D eigenvalue weighted by molar-refractivity contribution is 7.98. The van der Waals surface area contributed by atoms with E-state index in [0.29, 0.717) is 11.4 Å². The van der Waals surface area contributed by atoms with Crippen LogP contribution in [0.3, 0.4) is 0 Å². The van der Waals surface area contributed by atoms with Crippen LogP contribution in [0.4, 0.5) is 0 Å². The van der Waals surface area contributed by atoms with Gasteiger partial charge in [0, 0.05) is 4.90 Å². The molecule has 1 aromatic carbocycles. The van der Waals surface area contributed by atoms with Crippen molar-refractivity contribution in [2.45, 2.75) is 4.90 Å².